The lowest BCUT2D eigenvalue weighted by Crippen LogP contribution is -2.40. The van der Waals surface area contributed by atoms with E-state index in [0.717, 1.165) is 24.2 Å². The van der Waals surface area contributed by atoms with Crippen LogP contribution >= 0.6 is 0 Å². The molecular weight excluding hydrogens is 201 g/mol. The van der Waals surface area contributed by atoms with E-state index in [1.165, 1.54) is 6.07 Å². The molecule has 1 saturated heterocycles. The highest BCUT2D eigenvalue weighted by molar-refractivity contribution is 5.38. The first-order valence-electron chi connectivity index (χ1n) is 5.68. The van der Waals surface area contributed by atoms with E-state index in [9.17, 15) is 4.39 Å². The normalized spacial score (nSPS) is 15.5. The van der Waals surface area contributed by atoms with Gasteiger partial charge in [-0.2, -0.15) is 0 Å². The summed E-state index contributed by atoms with van der Waals surface area (Å²) in [4.78, 5) is 0. The van der Waals surface area contributed by atoms with Crippen LogP contribution in [0.2, 0.25) is 0 Å². The van der Waals surface area contributed by atoms with Crippen LogP contribution in [0.3, 0.4) is 0 Å². The van der Waals surface area contributed by atoms with Gasteiger partial charge in [-0.1, -0.05) is 31.8 Å². The molecule has 1 fully saturated rings. The van der Waals surface area contributed by atoms with Crippen molar-refractivity contribution in [1.82, 2.24) is 5.32 Å². The molecule has 0 saturated carbocycles. The van der Waals surface area contributed by atoms with Crippen LogP contribution in [0.15, 0.2) is 18.2 Å². The second-order valence-electron chi connectivity index (χ2n) is 4.52. The number of hydrogen-bond donors (Lipinski definition) is 1. The Kier molecular flexibility index (Phi) is 3.26. The van der Waals surface area contributed by atoms with Crippen LogP contribution in [0, 0.1) is 23.6 Å². The van der Waals surface area contributed by atoms with Crippen molar-refractivity contribution in [2.75, 3.05) is 13.1 Å². The topological polar surface area (TPSA) is 12.0 Å². The molecule has 16 heavy (non-hydrogen) atoms. The highest BCUT2D eigenvalue weighted by atomic mass is 19.1. The second-order valence-corrected chi connectivity index (χ2v) is 4.52. The van der Waals surface area contributed by atoms with Crippen molar-refractivity contribution in [3.05, 3.63) is 35.1 Å². The number of nitrogens with one attached hydrogen (secondary N) is 1. The first-order chi connectivity index (χ1) is 7.66. The maximum Gasteiger partial charge on any atom is 0.127 e. The predicted octanol–water partition coefficient (Wildman–Crippen LogP) is 2.52. The highest BCUT2D eigenvalue weighted by Crippen LogP contribution is 2.19. The number of halogens is 1. The Bertz CT molecular complexity index is 436. The van der Waals surface area contributed by atoms with Gasteiger partial charge in [-0.15, -0.1) is 0 Å². The molecule has 2 heteroatoms. The molecule has 0 spiro atoms. The van der Waals surface area contributed by atoms with Crippen molar-refractivity contribution in [1.29, 1.82) is 0 Å². The first-order valence-corrected chi connectivity index (χ1v) is 5.68. The van der Waals surface area contributed by atoms with Crippen LogP contribution in [0.5, 0.6) is 0 Å². The van der Waals surface area contributed by atoms with E-state index >= 15 is 0 Å². The molecular formula is C14H16FN. The summed E-state index contributed by atoms with van der Waals surface area (Å²) in [6, 6.07) is 5.27. The van der Waals surface area contributed by atoms with E-state index in [0.29, 0.717) is 5.92 Å². The summed E-state index contributed by atoms with van der Waals surface area (Å²) in [7, 11) is 0. The molecule has 1 nitrogen and oxygen atoms in total. The van der Waals surface area contributed by atoms with E-state index < -0.39 is 0 Å². The number of rotatable bonds is 1. The third-order valence-electron chi connectivity index (χ3n) is 2.82. The molecule has 2 rings (SSSR count). The monoisotopic (exact) mass is 217 g/mol. The molecule has 84 valence electrons. The van der Waals surface area contributed by atoms with Crippen LogP contribution in [-0.4, -0.2) is 13.1 Å². The summed E-state index contributed by atoms with van der Waals surface area (Å²) in [5.74, 6) is 6.67. The molecule has 1 aromatic carbocycles. The summed E-state index contributed by atoms with van der Waals surface area (Å²) in [6.07, 6.45) is 0. The van der Waals surface area contributed by atoms with Crippen molar-refractivity contribution in [2.45, 2.75) is 19.8 Å². The van der Waals surface area contributed by atoms with Crippen LogP contribution in [-0.2, 0) is 0 Å². The zero-order valence-electron chi connectivity index (χ0n) is 9.68. The Balaban J connectivity index is 2.16. The largest absolute Gasteiger partial charge is 0.314 e. The molecule has 0 aliphatic carbocycles. The van der Waals surface area contributed by atoms with Gasteiger partial charge in [-0.25, -0.2) is 4.39 Å². The molecule has 1 aliphatic rings. The van der Waals surface area contributed by atoms with Crippen molar-refractivity contribution in [3.63, 3.8) is 0 Å². The summed E-state index contributed by atoms with van der Waals surface area (Å²) in [6.45, 7) is 5.90. The van der Waals surface area contributed by atoms with Gasteiger partial charge in [0.2, 0.25) is 0 Å². The smallest absolute Gasteiger partial charge is 0.127 e. The van der Waals surface area contributed by atoms with E-state index in [1.807, 2.05) is 26.0 Å². The molecule has 1 aliphatic heterocycles. The molecule has 1 aromatic rings. The van der Waals surface area contributed by atoms with Crippen molar-refractivity contribution in [3.8, 4) is 11.8 Å². The van der Waals surface area contributed by atoms with Gasteiger partial charge in [0.25, 0.3) is 0 Å². The minimum atomic E-state index is -0.145. The Morgan fingerprint density at radius 1 is 1.38 bits per heavy atom. The van der Waals surface area contributed by atoms with Crippen LogP contribution in [0.25, 0.3) is 0 Å². The Hall–Kier alpha value is -1.33. The van der Waals surface area contributed by atoms with Crippen LogP contribution in [0.4, 0.5) is 4.39 Å². The van der Waals surface area contributed by atoms with Crippen molar-refractivity contribution < 1.29 is 4.39 Å². The predicted molar refractivity (Wildman–Crippen MR) is 63.7 cm³/mol. The molecule has 0 unspecified atom stereocenters. The van der Waals surface area contributed by atoms with Gasteiger partial charge in [0.1, 0.15) is 5.82 Å². The van der Waals surface area contributed by atoms with Crippen molar-refractivity contribution in [2.24, 2.45) is 5.92 Å². The molecule has 0 radical (unpaired) electrons. The fourth-order valence-corrected chi connectivity index (χ4v) is 1.65. The van der Waals surface area contributed by atoms with E-state index in [4.69, 9.17) is 0 Å². The number of benzene rings is 1. The van der Waals surface area contributed by atoms with Gasteiger partial charge in [-0.05, 0) is 23.6 Å². The average molecular weight is 217 g/mol. The lowest BCUT2D eigenvalue weighted by atomic mass is 10.00. The third-order valence-corrected chi connectivity index (χ3v) is 2.82. The Morgan fingerprint density at radius 3 is 2.62 bits per heavy atom. The average Bonchev–Trinajstić information content (AvgIpc) is 2.14. The first kappa shape index (κ1) is 11.2. The van der Waals surface area contributed by atoms with Gasteiger partial charge < -0.3 is 5.32 Å². The lowest BCUT2D eigenvalue weighted by molar-refractivity contribution is 0.432. The molecule has 0 amide bonds. The Morgan fingerprint density at radius 2 is 2.12 bits per heavy atom. The van der Waals surface area contributed by atoms with E-state index in [1.54, 1.807) is 0 Å². The summed E-state index contributed by atoms with van der Waals surface area (Å²) >= 11 is 0. The van der Waals surface area contributed by atoms with Gasteiger partial charge >= 0.3 is 0 Å². The van der Waals surface area contributed by atoms with Crippen LogP contribution in [0.1, 0.15) is 30.9 Å². The van der Waals surface area contributed by atoms with Crippen LogP contribution < -0.4 is 5.32 Å². The van der Waals surface area contributed by atoms with Crippen molar-refractivity contribution >= 4 is 0 Å². The number of hydrogen-bond acceptors (Lipinski definition) is 1. The summed E-state index contributed by atoms with van der Waals surface area (Å²) < 4.78 is 13.6. The zero-order chi connectivity index (χ0) is 11.5. The second kappa shape index (κ2) is 4.67. The maximum atomic E-state index is 13.6. The Labute approximate surface area is 96.1 Å². The van der Waals surface area contributed by atoms with E-state index in [-0.39, 0.29) is 11.7 Å². The maximum absolute atomic E-state index is 13.6. The summed E-state index contributed by atoms with van der Waals surface area (Å²) in [5, 5.41) is 3.16. The van der Waals surface area contributed by atoms with Gasteiger partial charge in [0.05, 0.1) is 0 Å². The molecule has 0 bridgehead atoms. The lowest BCUT2D eigenvalue weighted by Gasteiger charge is -2.21. The fourth-order valence-electron chi connectivity index (χ4n) is 1.65. The quantitative estimate of drug-likeness (QED) is 0.713. The standard InChI is InChI=1S/C14H16FN/c1-10(2)13-6-5-11(7-14(13)15)3-4-12-8-16-9-12/h5-7,10,12,16H,8-9H2,1-2H3. The minimum absolute atomic E-state index is 0.145. The van der Waals surface area contributed by atoms with Gasteiger partial charge in [0, 0.05) is 24.6 Å². The SMILES string of the molecule is CC(C)c1ccc(C#CC2CNC2)cc1F. The molecule has 1 heterocycles. The zero-order valence-corrected chi connectivity index (χ0v) is 9.68. The molecule has 1 N–H and O–H groups in total. The molecule has 0 aromatic heterocycles. The fraction of sp³-hybridized carbons (Fsp3) is 0.429. The van der Waals surface area contributed by atoms with Gasteiger partial charge in [-0.3, -0.25) is 0 Å². The minimum Gasteiger partial charge on any atom is -0.314 e. The van der Waals surface area contributed by atoms with E-state index in [2.05, 4.69) is 17.2 Å². The summed E-state index contributed by atoms with van der Waals surface area (Å²) in [5.41, 5.74) is 1.53. The van der Waals surface area contributed by atoms with Gasteiger partial charge in [0.15, 0.2) is 0 Å². The highest BCUT2D eigenvalue weighted by Gasteiger charge is 2.12. The molecule has 0 atom stereocenters. The third kappa shape index (κ3) is 2.43.